The first kappa shape index (κ1) is 16.9. The molecule has 1 aliphatic heterocycles. The van der Waals surface area contributed by atoms with Crippen molar-refractivity contribution >= 4 is 11.3 Å². The van der Waals surface area contributed by atoms with Crippen molar-refractivity contribution in [2.75, 3.05) is 32.8 Å². The summed E-state index contributed by atoms with van der Waals surface area (Å²) in [6.45, 7) is 13.8. The van der Waals surface area contributed by atoms with Crippen LogP contribution in [-0.4, -0.2) is 42.7 Å². The monoisotopic (exact) mass is 311 g/mol. The fourth-order valence-electron chi connectivity index (χ4n) is 2.79. The first-order valence-corrected chi connectivity index (χ1v) is 9.01. The molecule has 2 unspecified atom stereocenters. The minimum absolute atomic E-state index is 0.154. The van der Waals surface area contributed by atoms with Gasteiger partial charge in [0.2, 0.25) is 0 Å². The number of aromatic nitrogens is 1. The number of nitrogens with zero attached hydrogens (tertiary/aromatic N) is 2. The van der Waals surface area contributed by atoms with E-state index in [0.717, 1.165) is 49.9 Å². The molecule has 0 aromatic carbocycles. The summed E-state index contributed by atoms with van der Waals surface area (Å²) >= 11 is 1.82. The van der Waals surface area contributed by atoms with Crippen LogP contribution in [0, 0.1) is 6.92 Å². The third-order valence-corrected chi connectivity index (χ3v) is 5.34. The molecule has 2 heterocycles. The fraction of sp³-hybridized carbons (Fsp3) is 0.812. The van der Waals surface area contributed by atoms with Gasteiger partial charge in [0.25, 0.3) is 0 Å². The molecule has 120 valence electrons. The van der Waals surface area contributed by atoms with Crippen molar-refractivity contribution < 1.29 is 4.74 Å². The van der Waals surface area contributed by atoms with Crippen LogP contribution in [0.15, 0.2) is 0 Å². The molecule has 4 nitrogen and oxygen atoms in total. The lowest BCUT2D eigenvalue weighted by Gasteiger charge is -2.31. The van der Waals surface area contributed by atoms with Crippen molar-refractivity contribution in [3.63, 3.8) is 0 Å². The summed E-state index contributed by atoms with van der Waals surface area (Å²) in [4.78, 5) is 8.63. The molecule has 0 bridgehead atoms. The highest BCUT2D eigenvalue weighted by atomic mass is 32.1. The number of ether oxygens (including phenoxy) is 1. The molecule has 0 amide bonds. The van der Waals surface area contributed by atoms with E-state index in [1.807, 2.05) is 11.3 Å². The Hall–Kier alpha value is -0.490. The number of thiazole rings is 1. The maximum absolute atomic E-state index is 5.96. The predicted molar refractivity (Wildman–Crippen MR) is 89.0 cm³/mol. The molecule has 0 radical (unpaired) electrons. The average molecular weight is 311 g/mol. The van der Waals surface area contributed by atoms with Crippen LogP contribution in [0.1, 0.15) is 61.3 Å². The van der Waals surface area contributed by atoms with E-state index >= 15 is 0 Å². The molecule has 1 N–H and O–H groups in total. The molecule has 1 fully saturated rings. The van der Waals surface area contributed by atoms with Gasteiger partial charge in [-0.15, -0.1) is 11.3 Å². The zero-order chi connectivity index (χ0) is 15.2. The van der Waals surface area contributed by atoms with E-state index in [1.54, 1.807) is 0 Å². The average Bonchev–Trinajstić information content (AvgIpc) is 2.87. The van der Waals surface area contributed by atoms with E-state index in [1.165, 1.54) is 11.3 Å². The lowest BCUT2D eigenvalue weighted by atomic mass is 10.2. The molecule has 0 spiro atoms. The lowest BCUT2D eigenvalue weighted by Crippen LogP contribution is -2.38. The Morgan fingerprint density at radius 2 is 2.24 bits per heavy atom. The maximum atomic E-state index is 5.96. The van der Waals surface area contributed by atoms with Crippen LogP contribution in [0.5, 0.6) is 0 Å². The maximum Gasteiger partial charge on any atom is 0.123 e. The standard InChI is InChI=1S/C16H29N3OS/c1-5-7-17-12(3)15-13(4)18-16(21-15)14-11-19(8-6-2)9-10-20-14/h12,14,17H,5-11H2,1-4H3. The Bertz CT molecular complexity index is 433. The van der Waals surface area contributed by atoms with E-state index in [-0.39, 0.29) is 6.10 Å². The summed E-state index contributed by atoms with van der Waals surface area (Å²) in [5.41, 5.74) is 1.15. The summed E-state index contributed by atoms with van der Waals surface area (Å²) < 4.78 is 5.96. The number of rotatable bonds is 7. The van der Waals surface area contributed by atoms with Crippen molar-refractivity contribution in [2.45, 2.75) is 52.7 Å². The smallest absolute Gasteiger partial charge is 0.123 e. The van der Waals surface area contributed by atoms with E-state index in [9.17, 15) is 0 Å². The molecular weight excluding hydrogens is 282 g/mol. The molecule has 2 rings (SSSR count). The highest BCUT2D eigenvalue weighted by Gasteiger charge is 2.25. The lowest BCUT2D eigenvalue weighted by molar-refractivity contribution is -0.0299. The van der Waals surface area contributed by atoms with Gasteiger partial charge < -0.3 is 10.1 Å². The van der Waals surface area contributed by atoms with Crippen LogP contribution in [0.3, 0.4) is 0 Å². The summed E-state index contributed by atoms with van der Waals surface area (Å²) in [5, 5.41) is 4.70. The van der Waals surface area contributed by atoms with Crippen LogP contribution in [-0.2, 0) is 4.74 Å². The van der Waals surface area contributed by atoms with E-state index in [4.69, 9.17) is 9.72 Å². The largest absolute Gasteiger partial charge is 0.368 e. The van der Waals surface area contributed by atoms with Gasteiger partial charge in [0.15, 0.2) is 0 Å². The predicted octanol–water partition coefficient (Wildman–Crippen LogP) is 3.30. The van der Waals surface area contributed by atoms with Crippen molar-refractivity contribution in [3.05, 3.63) is 15.6 Å². The fourth-order valence-corrected chi connectivity index (χ4v) is 3.93. The Labute approximate surface area is 132 Å². The zero-order valence-electron chi connectivity index (χ0n) is 13.8. The second kappa shape index (κ2) is 8.22. The van der Waals surface area contributed by atoms with Gasteiger partial charge in [-0.05, 0) is 39.8 Å². The molecule has 1 aromatic rings. The third kappa shape index (κ3) is 4.49. The first-order chi connectivity index (χ1) is 10.2. The normalized spacial score (nSPS) is 21.6. The van der Waals surface area contributed by atoms with Gasteiger partial charge in [-0.1, -0.05) is 13.8 Å². The summed E-state index contributed by atoms with van der Waals surface area (Å²) in [7, 11) is 0. The molecular formula is C16H29N3OS. The van der Waals surface area contributed by atoms with Crippen molar-refractivity contribution in [1.82, 2.24) is 15.2 Å². The van der Waals surface area contributed by atoms with Crippen LogP contribution in [0.25, 0.3) is 0 Å². The van der Waals surface area contributed by atoms with E-state index in [0.29, 0.717) is 6.04 Å². The molecule has 1 saturated heterocycles. The molecule has 1 aromatic heterocycles. The van der Waals surface area contributed by atoms with Gasteiger partial charge in [-0.3, -0.25) is 4.90 Å². The van der Waals surface area contributed by atoms with Crippen molar-refractivity contribution in [1.29, 1.82) is 0 Å². The van der Waals surface area contributed by atoms with Crippen LogP contribution < -0.4 is 5.32 Å². The Kier molecular flexibility index (Phi) is 6.61. The van der Waals surface area contributed by atoms with Crippen LogP contribution in [0.2, 0.25) is 0 Å². The SMILES string of the molecule is CCCNC(C)c1sc(C2CN(CCC)CCO2)nc1C. The van der Waals surface area contributed by atoms with Crippen molar-refractivity contribution in [2.24, 2.45) is 0 Å². The van der Waals surface area contributed by atoms with Crippen molar-refractivity contribution in [3.8, 4) is 0 Å². The first-order valence-electron chi connectivity index (χ1n) is 8.20. The van der Waals surface area contributed by atoms with Crippen LogP contribution >= 0.6 is 11.3 Å². The quantitative estimate of drug-likeness (QED) is 0.838. The van der Waals surface area contributed by atoms with E-state index < -0.39 is 0 Å². The van der Waals surface area contributed by atoms with Gasteiger partial charge >= 0.3 is 0 Å². The highest BCUT2D eigenvalue weighted by molar-refractivity contribution is 7.11. The van der Waals surface area contributed by atoms with E-state index in [2.05, 4.69) is 37.9 Å². The molecule has 21 heavy (non-hydrogen) atoms. The van der Waals surface area contributed by atoms with Gasteiger partial charge in [-0.25, -0.2) is 4.98 Å². The molecule has 0 saturated carbocycles. The van der Waals surface area contributed by atoms with Gasteiger partial charge in [0, 0.05) is 24.0 Å². The molecule has 0 aliphatic carbocycles. The van der Waals surface area contributed by atoms with Gasteiger partial charge in [0.05, 0.1) is 12.3 Å². The number of aryl methyl sites for hydroxylation is 1. The summed E-state index contributed by atoms with van der Waals surface area (Å²) in [5.74, 6) is 0. The second-order valence-corrected chi connectivity index (χ2v) is 6.90. The molecule has 2 atom stereocenters. The Morgan fingerprint density at radius 1 is 1.43 bits per heavy atom. The number of hydrogen-bond donors (Lipinski definition) is 1. The summed E-state index contributed by atoms with van der Waals surface area (Å²) in [6, 6.07) is 0.381. The third-order valence-electron chi connectivity index (χ3n) is 3.91. The van der Waals surface area contributed by atoms with Gasteiger partial charge in [-0.2, -0.15) is 0 Å². The second-order valence-electron chi connectivity index (χ2n) is 5.84. The number of morpholine rings is 1. The summed E-state index contributed by atoms with van der Waals surface area (Å²) in [6.07, 6.45) is 2.51. The number of nitrogens with one attached hydrogen (secondary N) is 1. The molecule has 5 heteroatoms. The number of hydrogen-bond acceptors (Lipinski definition) is 5. The van der Waals surface area contributed by atoms with Gasteiger partial charge in [0.1, 0.15) is 11.1 Å². The topological polar surface area (TPSA) is 37.4 Å². The zero-order valence-corrected chi connectivity index (χ0v) is 14.6. The minimum atomic E-state index is 0.154. The van der Waals surface area contributed by atoms with Crippen LogP contribution in [0.4, 0.5) is 0 Å². The Morgan fingerprint density at radius 3 is 2.95 bits per heavy atom. The minimum Gasteiger partial charge on any atom is -0.368 e. The highest BCUT2D eigenvalue weighted by Crippen LogP contribution is 2.31. The Balaban J connectivity index is 2.03. The molecule has 1 aliphatic rings.